The molecule has 1 atom stereocenters. The fraction of sp³-hybridized carbons (Fsp3) is 0.375. The quantitative estimate of drug-likeness (QED) is 0.303. The van der Waals surface area contributed by atoms with Gasteiger partial charge in [-0.2, -0.15) is 0 Å². The van der Waals surface area contributed by atoms with E-state index in [2.05, 4.69) is 5.32 Å². The topological polar surface area (TPSA) is 86.8 Å². The zero-order valence-electron chi connectivity index (χ0n) is 23.9. The third kappa shape index (κ3) is 8.32. The molecule has 0 saturated heterocycles. The van der Waals surface area contributed by atoms with E-state index in [4.69, 9.17) is 11.6 Å². The van der Waals surface area contributed by atoms with Crippen LogP contribution in [0.1, 0.15) is 48.8 Å². The van der Waals surface area contributed by atoms with Crippen molar-refractivity contribution in [2.75, 3.05) is 17.1 Å². The van der Waals surface area contributed by atoms with Crippen LogP contribution in [0.2, 0.25) is 5.02 Å². The maximum Gasteiger partial charge on any atom is 0.244 e. The van der Waals surface area contributed by atoms with Crippen molar-refractivity contribution >= 4 is 39.1 Å². The number of carbonyl (C=O) groups excluding carboxylic acids is 2. The Balaban J connectivity index is 1.75. The number of sulfonamides is 1. The Morgan fingerprint density at radius 1 is 1.00 bits per heavy atom. The highest BCUT2D eigenvalue weighted by molar-refractivity contribution is 7.92. The molecule has 2 amide bonds. The number of halogens is 2. The van der Waals surface area contributed by atoms with Gasteiger partial charge in [0.25, 0.3) is 0 Å². The summed E-state index contributed by atoms with van der Waals surface area (Å²) in [5.41, 5.74) is 1.90. The monoisotopic (exact) mass is 613 g/mol. The van der Waals surface area contributed by atoms with E-state index in [1.165, 1.54) is 17.0 Å². The van der Waals surface area contributed by atoms with Crippen molar-refractivity contribution in [3.05, 3.63) is 100 Å². The first-order valence-electron chi connectivity index (χ1n) is 14.1. The molecule has 0 aliphatic heterocycles. The summed E-state index contributed by atoms with van der Waals surface area (Å²) < 4.78 is 41.9. The first-order chi connectivity index (χ1) is 20.0. The summed E-state index contributed by atoms with van der Waals surface area (Å²) >= 11 is 6.20. The number of nitrogens with zero attached hydrogens (tertiary/aromatic N) is 2. The van der Waals surface area contributed by atoms with Gasteiger partial charge >= 0.3 is 0 Å². The van der Waals surface area contributed by atoms with Crippen LogP contribution in [0.3, 0.4) is 0 Å². The van der Waals surface area contributed by atoms with Gasteiger partial charge in [0.05, 0.1) is 11.9 Å². The molecule has 3 aromatic carbocycles. The molecule has 1 N–H and O–H groups in total. The lowest BCUT2D eigenvalue weighted by Gasteiger charge is -2.35. The third-order valence-electron chi connectivity index (χ3n) is 7.64. The molecule has 0 aromatic heterocycles. The number of anilines is 1. The molecule has 42 heavy (non-hydrogen) atoms. The molecule has 0 radical (unpaired) electrons. The summed E-state index contributed by atoms with van der Waals surface area (Å²) in [6.07, 6.45) is 6.01. The summed E-state index contributed by atoms with van der Waals surface area (Å²) in [6, 6.07) is 19.1. The van der Waals surface area contributed by atoms with Crippen molar-refractivity contribution in [1.82, 2.24) is 10.2 Å². The van der Waals surface area contributed by atoms with Gasteiger partial charge in [0.2, 0.25) is 21.8 Å². The smallest absolute Gasteiger partial charge is 0.244 e. The number of hydrogen-bond donors (Lipinski definition) is 1. The minimum absolute atomic E-state index is 0.0171. The molecular weight excluding hydrogens is 577 g/mol. The predicted molar refractivity (Wildman–Crippen MR) is 164 cm³/mol. The van der Waals surface area contributed by atoms with E-state index in [0.29, 0.717) is 10.6 Å². The van der Waals surface area contributed by atoms with Crippen LogP contribution >= 0.6 is 11.6 Å². The molecule has 4 rings (SSSR count). The van der Waals surface area contributed by atoms with Crippen LogP contribution in [0.4, 0.5) is 10.1 Å². The second kappa shape index (κ2) is 14.2. The van der Waals surface area contributed by atoms with Gasteiger partial charge < -0.3 is 10.2 Å². The van der Waals surface area contributed by atoms with E-state index >= 15 is 0 Å². The van der Waals surface area contributed by atoms with Crippen molar-refractivity contribution in [3.63, 3.8) is 0 Å². The van der Waals surface area contributed by atoms with E-state index < -0.39 is 34.3 Å². The lowest BCUT2D eigenvalue weighted by molar-refractivity contribution is -0.140. The standard InChI is InChI=1S/C32H37ClFN3O4S/c1-23-17-18-26(33)20-29(23)37(42(2,40)41)22-31(38)36(21-25-13-9-10-16-28(25)34)30(19-24-11-5-3-6-12-24)32(39)35-27-14-7-4-8-15-27/h3,5-6,9-13,16-18,20,27,30H,4,7-8,14-15,19,21-22H2,1-2H3,(H,35,39)/t30-/m0/s1. The molecule has 1 fully saturated rings. The van der Waals surface area contributed by atoms with Crippen LogP contribution < -0.4 is 9.62 Å². The van der Waals surface area contributed by atoms with Crippen LogP contribution in [0, 0.1) is 12.7 Å². The zero-order valence-corrected chi connectivity index (χ0v) is 25.5. The summed E-state index contributed by atoms with van der Waals surface area (Å²) in [4.78, 5) is 29.4. The van der Waals surface area contributed by atoms with Gasteiger partial charge in [0, 0.05) is 29.6 Å². The number of benzene rings is 3. The van der Waals surface area contributed by atoms with Crippen LogP contribution in [-0.4, -0.2) is 50.0 Å². The minimum Gasteiger partial charge on any atom is -0.352 e. The molecule has 7 nitrogen and oxygen atoms in total. The molecule has 224 valence electrons. The average Bonchev–Trinajstić information content (AvgIpc) is 2.96. The van der Waals surface area contributed by atoms with E-state index in [1.807, 2.05) is 30.3 Å². The highest BCUT2D eigenvalue weighted by Crippen LogP contribution is 2.27. The molecular formula is C32H37ClFN3O4S. The van der Waals surface area contributed by atoms with Crippen LogP contribution in [0.25, 0.3) is 0 Å². The Hall–Kier alpha value is -3.43. The number of hydrogen-bond acceptors (Lipinski definition) is 4. The summed E-state index contributed by atoms with van der Waals surface area (Å²) in [7, 11) is -3.94. The lowest BCUT2D eigenvalue weighted by Crippen LogP contribution is -2.55. The minimum atomic E-state index is -3.94. The van der Waals surface area contributed by atoms with Gasteiger partial charge in [-0.3, -0.25) is 13.9 Å². The van der Waals surface area contributed by atoms with E-state index in [9.17, 15) is 22.4 Å². The molecule has 0 bridgehead atoms. The molecule has 0 unspecified atom stereocenters. The molecule has 1 aliphatic rings. The maximum atomic E-state index is 14.9. The van der Waals surface area contributed by atoms with Crippen LogP contribution in [0.15, 0.2) is 72.8 Å². The largest absolute Gasteiger partial charge is 0.352 e. The lowest BCUT2D eigenvalue weighted by atomic mass is 9.94. The van der Waals surface area contributed by atoms with Gasteiger partial charge in [0.1, 0.15) is 18.4 Å². The van der Waals surface area contributed by atoms with Gasteiger partial charge in [-0.15, -0.1) is 0 Å². The summed E-state index contributed by atoms with van der Waals surface area (Å²) in [5.74, 6) is -1.50. The predicted octanol–water partition coefficient (Wildman–Crippen LogP) is 5.64. The Morgan fingerprint density at radius 2 is 1.67 bits per heavy atom. The maximum absolute atomic E-state index is 14.9. The number of rotatable bonds is 11. The Bertz CT molecular complexity index is 1500. The van der Waals surface area contributed by atoms with Crippen molar-refractivity contribution in [1.29, 1.82) is 0 Å². The molecule has 10 heteroatoms. The molecule has 1 saturated carbocycles. The molecule has 3 aromatic rings. The number of carbonyl (C=O) groups is 2. The van der Waals surface area contributed by atoms with Crippen LogP contribution in [-0.2, 0) is 32.6 Å². The number of nitrogens with one attached hydrogen (secondary N) is 1. The van der Waals surface area contributed by atoms with Crippen LogP contribution in [0.5, 0.6) is 0 Å². The number of aryl methyl sites for hydroxylation is 1. The highest BCUT2D eigenvalue weighted by atomic mass is 35.5. The van der Waals surface area contributed by atoms with Crippen molar-refractivity contribution < 1.29 is 22.4 Å². The molecule has 0 spiro atoms. The van der Waals surface area contributed by atoms with Crippen molar-refractivity contribution in [2.24, 2.45) is 0 Å². The van der Waals surface area contributed by atoms with E-state index in [-0.39, 0.29) is 36.2 Å². The van der Waals surface area contributed by atoms with E-state index in [0.717, 1.165) is 48.2 Å². The Morgan fingerprint density at radius 3 is 2.33 bits per heavy atom. The molecule has 1 aliphatic carbocycles. The fourth-order valence-electron chi connectivity index (χ4n) is 5.35. The van der Waals surface area contributed by atoms with Gasteiger partial charge in [-0.1, -0.05) is 85.5 Å². The SMILES string of the molecule is Cc1ccc(Cl)cc1N(CC(=O)N(Cc1ccccc1F)[C@@H](Cc1ccccc1)C(=O)NC1CCCCC1)S(C)(=O)=O. The average molecular weight is 614 g/mol. The van der Waals surface area contributed by atoms with E-state index in [1.54, 1.807) is 37.3 Å². The second-order valence-electron chi connectivity index (χ2n) is 10.9. The fourth-order valence-corrected chi connectivity index (χ4v) is 6.42. The third-order valence-corrected chi connectivity index (χ3v) is 9.00. The Kier molecular flexibility index (Phi) is 10.6. The first-order valence-corrected chi connectivity index (χ1v) is 16.4. The van der Waals surface area contributed by atoms with Crippen molar-refractivity contribution in [3.8, 4) is 0 Å². The normalized spacial score (nSPS) is 14.7. The Labute approximate surface area is 252 Å². The highest BCUT2D eigenvalue weighted by Gasteiger charge is 2.34. The van der Waals surface area contributed by atoms with Gasteiger partial charge in [0.15, 0.2) is 0 Å². The second-order valence-corrected chi connectivity index (χ2v) is 13.2. The van der Waals surface area contributed by atoms with Crippen molar-refractivity contribution in [2.45, 2.75) is 64.1 Å². The molecule has 0 heterocycles. The van der Waals surface area contributed by atoms with Gasteiger partial charge in [-0.05, 0) is 49.1 Å². The summed E-state index contributed by atoms with van der Waals surface area (Å²) in [6.45, 7) is 0.922. The number of amides is 2. The first kappa shape index (κ1) is 31.5. The summed E-state index contributed by atoms with van der Waals surface area (Å²) in [5, 5.41) is 3.44. The van der Waals surface area contributed by atoms with Gasteiger partial charge in [-0.25, -0.2) is 12.8 Å². The zero-order chi connectivity index (χ0) is 30.3.